The standard InChI is InChI=1S/C19H26O4/c1-10-11-8-14(20)15-18(2)6-3-4-12(17(22)23)13(18)5-7-19(15,9-11)16(10)21/h11-15,20H,1,3-9H2,2H3,(H,22,23). The Morgan fingerprint density at radius 3 is 2.74 bits per heavy atom. The number of carbonyl (C=O) groups is 2. The lowest BCUT2D eigenvalue weighted by atomic mass is 9.42. The molecule has 0 heterocycles. The highest BCUT2D eigenvalue weighted by molar-refractivity contribution is 6.03. The van der Waals surface area contributed by atoms with E-state index in [2.05, 4.69) is 13.5 Å². The van der Waals surface area contributed by atoms with Crippen LogP contribution in [0.4, 0.5) is 0 Å². The molecule has 126 valence electrons. The van der Waals surface area contributed by atoms with Crippen LogP contribution in [0.1, 0.15) is 51.9 Å². The summed E-state index contributed by atoms with van der Waals surface area (Å²) in [7, 11) is 0. The van der Waals surface area contributed by atoms with E-state index < -0.39 is 17.5 Å². The molecule has 4 aliphatic rings. The Morgan fingerprint density at radius 2 is 2.04 bits per heavy atom. The summed E-state index contributed by atoms with van der Waals surface area (Å²) in [5, 5.41) is 20.5. The lowest BCUT2D eigenvalue weighted by Crippen LogP contribution is -2.60. The Kier molecular flexibility index (Phi) is 3.13. The zero-order chi connectivity index (χ0) is 16.6. The van der Waals surface area contributed by atoms with Gasteiger partial charge in [-0.3, -0.25) is 9.59 Å². The van der Waals surface area contributed by atoms with Crippen molar-refractivity contribution < 1.29 is 19.8 Å². The monoisotopic (exact) mass is 318 g/mol. The molecule has 0 aromatic heterocycles. The highest BCUT2D eigenvalue weighted by Crippen LogP contribution is 2.69. The molecule has 0 amide bonds. The van der Waals surface area contributed by atoms with E-state index in [-0.39, 0.29) is 34.9 Å². The number of fused-ring (bicyclic) bond motifs is 3. The largest absolute Gasteiger partial charge is 0.481 e. The third-order valence-electron chi connectivity index (χ3n) is 7.85. The topological polar surface area (TPSA) is 74.6 Å². The molecule has 23 heavy (non-hydrogen) atoms. The molecule has 2 N–H and O–H groups in total. The number of aliphatic hydroxyl groups is 1. The Morgan fingerprint density at radius 1 is 1.30 bits per heavy atom. The van der Waals surface area contributed by atoms with Gasteiger partial charge in [0, 0.05) is 11.3 Å². The van der Waals surface area contributed by atoms with Gasteiger partial charge in [-0.1, -0.05) is 19.9 Å². The number of carbonyl (C=O) groups excluding carboxylic acids is 1. The predicted molar refractivity (Wildman–Crippen MR) is 84.6 cm³/mol. The van der Waals surface area contributed by atoms with E-state index in [1.54, 1.807) is 0 Å². The summed E-state index contributed by atoms with van der Waals surface area (Å²) < 4.78 is 0. The molecule has 0 aliphatic heterocycles. The Hall–Kier alpha value is -1.16. The van der Waals surface area contributed by atoms with Crippen LogP contribution in [-0.2, 0) is 9.59 Å². The molecule has 7 atom stereocenters. The van der Waals surface area contributed by atoms with E-state index in [0.717, 1.165) is 38.5 Å². The number of ketones is 1. The van der Waals surface area contributed by atoms with Gasteiger partial charge in [-0.25, -0.2) is 0 Å². The first-order valence-corrected chi connectivity index (χ1v) is 8.96. The predicted octanol–water partition coefficient (Wildman–Crippen LogP) is 2.80. The maximum absolute atomic E-state index is 13.0. The Bertz CT molecular complexity index is 596. The van der Waals surface area contributed by atoms with Crippen LogP contribution in [0.5, 0.6) is 0 Å². The highest BCUT2D eigenvalue weighted by Gasteiger charge is 2.68. The van der Waals surface area contributed by atoms with E-state index in [9.17, 15) is 19.8 Å². The quantitative estimate of drug-likeness (QED) is 0.729. The van der Waals surface area contributed by atoms with Crippen molar-refractivity contribution in [1.29, 1.82) is 0 Å². The van der Waals surface area contributed by atoms with Gasteiger partial charge < -0.3 is 10.2 Å². The second kappa shape index (κ2) is 4.69. The van der Waals surface area contributed by atoms with Crippen molar-refractivity contribution in [2.75, 3.05) is 0 Å². The summed E-state index contributed by atoms with van der Waals surface area (Å²) in [6.07, 6.45) is 5.00. The second-order valence-electron chi connectivity index (χ2n) is 8.68. The molecule has 7 unspecified atom stereocenters. The number of aliphatic hydroxyl groups excluding tert-OH is 1. The number of allylic oxidation sites excluding steroid dienone is 1. The van der Waals surface area contributed by atoms with Crippen molar-refractivity contribution in [2.24, 2.45) is 34.5 Å². The van der Waals surface area contributed by atoms with Gasteiger partial charge in [-0.15, -0.1) is 0 Å². The molecule has 4 saturated carbocycles. The second-order valence-corrected chi connectivity index (χ2v) is 8.68. The summed E-state index contributed by atoms with van der Waals surface area (Å²) in [5.41, 5.74) is -0.00543. The smallest absolute Gasteiger partial charge is 0.306 e. The van der Waals surface area contributed by atoms with Crippen molar-refractivity contribution in [2.45, 2.75) is 58.0 Å². The van der Waals surface area contributed by atoms with Gasteiger partial charge in [0.25, 0.3) is 0 Å². The summed E-state index contributed by atoms with van der Waals surface area (Å²) >= 11 is 0. The number of carboxylic acid groups (broad SMARTS) is 1. The summed E-state index contributed by atoms with van der Waals surface area (Å²) in [6, 6.07) is 0. The minimum absolute atomic E-state index is 0.0808. The Balaban J connectivity index is 1.80. The summed E-state index contributed by atoms with van der Waals surface area (Å²) in [6.45, 7) is 6.16. The first kappa shape index (κ1) is 15.4. The van der Waals surface area contributed by atoms with Crippen LogP contribution >= 0.6 is 0 Å². The van der Waals surface area contributed by atoms with Crippen LogP contribution in [-0.4, -0.2) is 28.1 Å². The third-order valence-corrected chi connectivity index (χ3v) is 7.85. The molecular weight excluding hydrogens is 292 g/mol. The molecule has 0 saturated heterocycles. The van der Waals surface area contributed by atoms with Gasteiger partial charge >= 0.3 is 5.97 Å². The molecule has 0 radical (unpaired) electrons. The fourth-order valence-corrected chi connectivity index (χ4v) is 7.07. The highest BCUT2D eigenvalue weighted by atomic mass is 16.4. The molecule has 2 bridgehead atoms. The van der Waals surface area contributed by atoms with Crippen molar-refractivity contribution in [3.63, 3.8) is 0 Å². The van der Waals surface area contributed by atoms with Crippen LogP contribution in [0.15, 0.2) is 12.2 Å². The SMILES string of the molecule is C=C1C(=O)C23CCC4C(C(=O)O)CCCC4(C)C2C(O)CC1C3. The van der Waals surface area contributed by atoms with E-state index in [0.29, 0.717) is 12.0 Å². The molecule has 4 heteroatoms. The average molecular weight is 318 g/mol. The maximum Gasteiger partial charge on any atom is 0.306 e. The number of aliphatic carboxylic acids is 1. The Labute approximate surface area is 137 Å². The fourth-order valence-electron chi connectivity index (χ4n) is 7.07. The zero-order valence-electron chi connectivity index (χ0n) is 13.8. The maximum atomic E-state index is 13.0. The molecular formula is C19H26O4. The van der Waals surface area contributed by atoms with Crippen LogP contribution in [0.3, 0.4) is 0 Å². The molecule has 0 aromatic carbocycles. The van der Waals surface area contributed by atoms with Gasteiger partial charge in [0.15, 0.2) is 5.78 Å². The van der Waals surface area contributed by atoms with Crippen molar-refractivity contribution in [1.82, 2.24) is 0 Å². The van der Waals surface area contributed by atoms with Crippen LogP contribution in [0, 0.1) is 34.5 Å². The molecule has 4 aliphatic carbocycles. The van der Waals surface area contributed by atoms with Crippen molar-refractivity contribution in [3.8, 4) is 0 Å². The molecule has 0 aromatic rings. The lowest BCUT2D eigenvalue weighted by molar-refractivity contribution is -0.184. The number of hydrogen-bond acceptors (Lipinski definition) is 3. The van der Waals surface area contributed by atoms with Gasteiger partial charge in [0.2, 0.25) is 0 Å². The average Bonchev–Trinajstić information content (AvgIpc) is 2.67. The van der Waals surface area contributed by atoms with E-state index in [1.807, 2.05) is 0 Å². The van der Waals surface area contributed by atoms with Crippen LogP contribution < -0.4 is 0 Å². The van der Waals surface area contributed by atoms with Crippen LogP contribution in [0.2, 0.25) is 0 Å². The number of carboxylic acids is 1. The number of rotatable bonds is 1. The zero-order valence-corrected chi connectivity index (χ0v) is 13.8. The van der Waals surface area contributed by atoms with Crippen LogP contribution in [0.25, 0.3) is 0 Å². The van der Waals surface area contributed by atoms with Crippen molar-refractivity contribution in [3.05, 3.63) is 12.2 Å². The van der Waals surface area contributed by atoms with Gasteiger partial charge in [-0.2, -0.15) is 0 Å². The number of hydrogen-bond donors (Lipinski definition) is 2. The molecule has 4 fully saturated rings. The van der Waals surface area contributed by atoms with E-state index in [4.69, 9.17) is 0 Å². The molecule has 4 rings (SSSR count). The summed E-state index contributed by atoms with van der Waals surface area (Å²) in [5.74, 6) is -0.747. The first-order valence-electron chi connectivity index (χ1n) is 8.96. The lowest BCUT2D eigenvalue weighted by Gasteiger charge is -2.61. The van der Waals surface area contributed by atoms with E-state index in [1.165, 1.54) is 0 Å². The normalized spacial score (nSPS) is 52.0. The fraction of sp³-hybridized carbons (Fsp3) is 0.789. The minimum atomic E-state index is -0.706. The van der Waals surface area contributed by atoms with Crippen molar-refractivity contribution >= 4 is 11.8 Å². The first-order chi connectivity index (χ1) is 10.8. The number of Topliss-reactive ketones (excluding diaryl/α,β-unsaturated/α-hetero) is 1. The third kappa shape index (κ3) is 1.76. The van der Waals surface area contributed by atoms with Gasteiger partial charge in [-0.05, 0) is 61.3 Å². The summed E-state index contributed by atoms with van der Waals surface area (Å²) in [4.78, 5) is 24.7. The van der Waals surface area contributed by atoms with E-state index >= 15 is 0 Å². The molecule has 4 nitrogen and oxygen atoms in total. The van der Waals surface area contributed by atoms with Gasteiger partial charge in [0.05, 0.1) is 12.0 Å². The van der Waals surface area contributed by atoms with Gasteiger partial charge in [0.1, 0.15) is 0 Å². The molecule has 1 spiro atoms. The minimum Gasteiger partial charge on any atom is -0.481 e.